The quantitative estimate of drug-likeness (QED) is 0.386. The number of hydrogen-bond donors (Lipinski definition) is 1. The van der Waals surface area contributed by atoms with Crippen molar-refractivity contribution in [3.8, 4) is 0 Å². The summed E-state index contributed by atoms with van der Waals surface area (Å²) in [7, 11) is -3.97. The zero-order valence-electron chi connectivity index (χ0n) is 14.8. The SMILES string of the molecule is Cc1ccc(S(=O)(=O)Nc2ccc([N+](=O)[O-])cc2C(=O)c2ccccc2)cc1. The molecular formula is C20H16N2O5S. The molecule has 142 valence electrons. The van der Waals surface area contributed by atoms with Gasteiger partial charge in [-0.25, -0.2) is 8.42 Å². The number of ketones is 1. The standard InChI is InChI=1S/C20H16N2O5S/c1-14-7-10-17(11-8-14)28(26,27)21-19-12-9-16(22(24)25)13-18(19)20(23)15-5-3-2-4-6-15/h2-13,21H,1H3. The number of hydrogen-bond acceptors (Lipinski definition) is 5. The van der Waals surface area contributed by atoms with Crippen molar-refractivity contribution in [2.75, 3.05) is 4.72 Å². The first-order chi connectivity index (χ1) is 13.3. The molecule has 28 heavy (non-hydrogen) atoms. The Morgan fingerprint density at radius 2 is 1.61 bits per heavy atom. The molecule has 0 aromatic heterocycles. The van der Waals surface area contributed by atoms with Gasteiger partial charge in [0.15, 0.2) is 5.78 Å². The molecule has 3 aromatic rings. The number of carbonyl (C=O) groups excluding carboxylic acids is 1. The number of nitro groups is 1. The minimum absolute atomic E-state index is 0.0227. The highest BCUT2D eigenvalue weighted by Gasteiger charge is 2.22. The first-order valence-electron chi connectivity index (χ1n) is 8.25. The molecule has 0 aliphatic heterocycles. The lowest BCUT2D eigenvalue weighted by Gasteiger charge is -2.12. The Morgan fingerprint density at radius 3 is 2.21 bits per heavy atom. The lowest BCUT2D eigenvalue weighted by Crippen LogP contribution is -2.16. The van der Waals surface area contributed by atoms with Crippen LogP contribution in [0.1, 0.15) is 21.5 Å². The van der Waals surface area contributed by atoms with Gasteiger partial charge in [0.25, 0.3) is 15.7 Å². The molecule has 0 saturated carbocycles. The third kappa shape index (κ3) is 4.07. The average Bonchev–Trinajstić information content (AvgIpc) is 2.68. The highest BCUT2D eigenvalue weighted by atomic mass is 32.2. The van der Waals surface area contributed by atoms with Gasteiger partial charge in [0.2, 0.25) is 0 Å². The minimum Gasteiger partial charge on any atom is -0.289 e. The third-order valence-electron chi connectivity index (χ3n) is 4.07. The van der Waals surface area contributed by atoms with Crippen molar-refractivity contribution < 1.29 is 18.1 Å². The molecule has 1 N–H and O–H groups in total. The van der Waals surface area contributed by atoms with Gasteiger partial charge in [-0.1, -0.05) is 48.0 Å². The summed E-state index contributed by atoms with van der Waals surface area (Å²) in [5.41, 5.74) is 0.752. The fourth-order valence-corrected chi connectivity index (χ4v) is 3.67. The van der Waals surface area contributed by atoms with Gasteiger partial charge in [-0.15, -0.1) is 0 Å². The molecule has 0 heterocycles. The molecule has 0 bridgehead atoms. The molecule has 3 aromatic carbocycles. The zero-order chi connectivity index (χ0) is 20.3. The zero-order valence-corrected chi connectivity index (χ0v) is 15.6. The van der Waals surface area contributed by atoms with Gasteiger partial charge in [0, 0.05) is 17.7 Å². The van der Waals surface area contributed by atoms with E-state index in [0.29, 0.717) is 5.56 Å². The fraction of sp³-hybridized carbons (Fsp3) is 0.0500. The second-order valence-corrected chi connectivity index (χ2v) is 7.78. The highest BCUT2D eigenvalue weighted by molar-refractivity contribution is 7.92. The minimum atomic E-state index is -3.97. The van der Waals surface area contributed by atoms with Crippen LogP contribution in [-0.2, 0) is 10.0 Å². The third-order valence-corrected chi connectivity index (χ3v) is 5.45. The second kappa shape index (κ2) is 7.61. The maximum Gasteiger partial charge on any atom is 0.270 e. The van der Waals surface area contributed by atoms with E-state index in [2.05, 4.69) is 4.72 Å². The molecule has 0 aliphatic carbocycles. The van der Waals surface area contributed by atoms with Gasteiger partial charge in [-0.05, 0) is 25.1 Å². The monoisotopic (exact) mass is 396 g/mol. The summed E-state index contributed by atoms with van der Waals surface area (Å²) in [5, 5.41) is 11.1. The van der Waals surface area contributed by atoms with Crippen molar-refractivity contribution in [3.05, 3.63) is 99.6 Å². The number of anilines is 1. The summed E-state index contributed by atoms with van der Waals surface area (Å²) in [5.74, 6) is -0.522. The molecule has 0 unspecified atom stereocenters. The van der Waals surface area contributed by atoms with E-state index in [1.807, 2.05) is 6.92 Å². The molecule has 0 spiro atoms. The van der Waals surface area contributed by atoms with Crippen LogP contribution in [-0.4, -0.2) is 19.1 Å². The first-order valence-corrected chi connectivity index (χ1v) is 9.74. The van der Waals surface area contributed by atoms with Gasteiger partial charge in [-0.2, -0.15) is 0 Å². The Kier molecular flexibility index (Phi) is 5.23. The number of rotatable bonds is 6. The van der Waals surface area contributed by atoms with E-state index in [4.69, 9.17) is 0 Å². The molecule has 8 heteroatoms. The van der Waals surface area contributed by atoms with Gasteiger partial charge < -0.3 is 0 Å². The molecular weight excluding hydrogens is 380 g/mol. The number of nitro benzene ring substituents is 1. The van der Waals surface area contributed by atoms with Crippen LogP contribution in [0.2, 0.25) is 0 Å². The van der Waals surface area contributed by atoms with E-state index in [1.165, 1.54) is 18.2 Å². The second-order valence-electron chi connectivity index (χ2n) is 6.10. The summed E-state index contributed by atoms with van der Waals surface area (Å²) in [4.78, 5) is 23.4. The van der Waals surface area contributed by atoms with Crippen LogP contribution in [0.4, 0.5) is 11.4 Å². The van der Waals surface area contributed by atoms with Crippen LogP contribution >= 0.6 is 0 Å². The summed E-state index contributed by atoms with van der Waals surface area (Å²) < 4.78 is 27.7. The van der Waals surface area contributed by atoms with Crippen molar-refractivity contribution in [2.45, 2.75) is 11.8 Å². The maximum absolute atomic E-state index is 12.9. The van der Waals surface area contributed by atoms with Crippen molar-refractivity contribution in [2.24, 2.45) is 0 Å². The van der Waals surface area contributed by atoms with E-state index in [0.717, 1.165) is 17.7 Å². The molecule has 3 rings (SSSR count). The predicted molar refractivity (Wildman–Crippen MR) is 105 cm³/mol. The lowest BCUT2D eigenvalue weighted by molar-refractivity contribution is -0.384. The van der Waals surface area contributed by atoms with Gasteiger partial charge in [-0.3, -0.25) is 19.6 Å². The van der Waals surface area contributed by atoms with Gasteiger partial charge in [0.1, 0.15) is 0 Å². The number of nitrogens with zero attached hydrogens (tertiary/aromatic N) is 1. The normalized spacial score (nSPS) is 11.0. The van der Waals surface area contributed by atoms with Gasteiger partial charge in [0.05, 0.1) is 21.1 Å². The predicted octanol–water partition coefficient (Wildman–Crippen LogP) is 3.94. The topological polar surface area (TPSA) is 106 Å². The Bertz CT molecular complexity index is 1140. The van der Waals surface area contributed by atoms with E-state index >= 15 is 0 Å². The Hall–Kier alpha value is -3.52. The number of non-ortho nitro benzene ring substituents is 1. The summed E-state index contributed by atoms with van der Waals surface area (Å²) in [6, 6.07) is 17.8. The molecule has 7 nitrogen and oxygen atoms in total. The number of carbonyl (C=O) groups is 1. The van der Waals surface area contributed by atoms with E-state index in [9.17, 15) is 23.3 Å². The molecule has 0 aliphatic rings. The lowest BCUT2D eigenvalue weighted by atomic mass is 10.0. The molecule has 0 radical (unpaired) electrons. The summed E-state index contributed by atoms with van der Waals surface area (Å²) in [6.45, 7) is 1.83. The van der Waals surface area contributed by atoms with Crippen molar-refractivity contribution >= 4 is 27.2 Å². The Morgan fingerprint density at radius 1 is 0.964 bits per heavy atom. The van der Waals surface area contributed by atoms with Crippen LogP contribution in [0.5, 0.6) is 0 Å². The largest absolute Gasteiger partial charge is 0.289 e. The summed E-state index contributed by atoms with van der Waals surface area (Å²) >= 11 is 0. The molecule has 0 fully saturated rings. The van der Waals surface area contributed by atoms with Crippen LogP contribution in [0.25, 0.3) is 0 Å². The Balaban J connectivity index is 2.06. The number of sulfonamides is 1. The first kappa shape index (κ1) is 19.2. The van der Waals surface area contributed by atoms with Crippen molar-refractivity contribution in [1.29, 1.82) is 0 Å². The number of benzene rings is 3. The van der Waals surface area contributed by atoms with E-state index in [1.54, 1.807) is 42.5 Å². The smallest absolute Gasteiger partial charge is 0.270 e. The highest BCUT2D eigenvalue weighted by Crippen LogP contribution is 2.27. The molecule has 0 amide bonds. The van der Waals surface area contributed by atoms with Crippen LogP contribution in [0.3, 0.4) is 0 Å². The van der Waals surface area contributed by atoms with E-state index < -0.39 is 20.7 Å². The Labute approximate surface area is 161 Å². The van der Waals surface area contributed by atoms with Crippen molar-refractivity contribution in [1.82, 2.24) is 0 Å². The van der Waals surface area contributed by atoms with Crippen LogP contribution in [0, 0.1) is 17.0 Å². The fourth-order valence-electron chi connectivity index (χ4n) is 2.59. The summed E-state index contributed by atoms with van der Waals surface area (Å²) in [6.07, 6.45) is 0. The number of aryl methyl sites for hydroxylation is 1. The van der Waals surface area contributed by atoms with Crippen LogP contribution in [0.15, 0.2) is 77.7 Å². The average molecular weight is 396 g/mol. The molecule has 0 saturated heterocycles. The maximum atomic E-state index is 12.9. The number of nitrogens with one attached hydrogen (secondary N) is 1. The molecule has 0 atom stereocenters. The van der Waals surface area contributed by atoms with Gasteiger partial charge >= 0.3 is 0 Å². The van der Waals surface area contributed by atoms with Crippen molar-refractivity contribution in [3.63, 3.8) is 0 Å². The van der Waals surface area contributed by atoms with Crippen LogP contribution < -0.4 is 4.72 Å². The van der Waals surface area contributed by atoms with E-state index in [-0.39, 0.29) is 21.8 Å².